The Bertz CT molecular complexity index is 1890. The summed E-state index contributed by atoms with van der Waals surface area (Å²) in [5, 5.41) is 11.0. The summed E-state index contributed by atoms with van der Waals surface area (Å²) >= 11 is 15.4. The van der Waals surface area contributed by atoms with Gasteiger partial charge in [-0.3, -0.25) is 14.4 Å². The molecule has 1 unspecified atom stereocenters. The highest BCUT2D eigenvalue weighted by Crippen LogP contribution is 2.30. The van der Waals surface area contributed by atoms with Crippen molar-refractivity contribution in [1.82, 2.24) is 10.3 Å². The molecule has 238 valence electrons. The fourth-order valence-electron chi connectivity index (χ4n) is 4.24. The van der Waals surface area contributed by atoms with Crippen molar-refractivity contribution in [3.63, 3.8) is 0 Å². The molecule has 0 aliphatic heterocycles. The third-order valence-electron chi connectivity index (χ3n) is 6.73. The van der Waals surface area contributed by atoms with Crippen LogP contribution in [0.3, 0.4) is 0 Å². The van der Waals surface area contributed by atoms with E-state index in [0.717, 1.165) is 21.9 Å². The van der Waals surface area contributed by atoms with Gasteiger partial charge in [-0.05, 0) is 85.8 Å². The van der Waals surface area contributed by atoms with Gasteiger partial charge in [-0.25, -0.2) is 4.98 Å². The fourth-order valence-corrected chi connectivity index (χ4v) is 6.34. The number of aromatic nitrogens is 1. The number of thiazole rings is 1. The molecule has 0 saturated heterocycles. The molecule has 0 spiro atoms. The number of halogens is 2. The van der Waals surface area contributed by atoms with E-state index in [-0.39, 0.29) is 11.6 Å². The van der Waals surface area contributed by atoms with E-state index in [1.807, 2.05) is 29.6 Å². The van der Waals surface area contributed by atoms with Crippen molar-refractivity contribution in [2.75, 3.05) is 17.7 Å². The lowest BCUT2D eigenvalue weighted by molar-refractivity contribution is -0.115. The van der Waals surface area contributed by atoms with Crippen molar-refractivity contribution in [3.05, 3.63) is 129 Å². The zero-order valence-electron chi connectivity index (χ0n) is 25.1. The van der Waals surface area contributed by atoms with Crippen LogP contribution in [-0.4, -0.2) is 35.1 Å². The van der Waals surface area contributed by atoms with Crippen molar-refractivity contribution in [2.24, 2.45) is 0 Å². The third-order valence-corrected chi connectivity index (χ3v) is 9.26. The number of carbonyl (C=O) groups excluding carboxylic acids is 3. The average Bonchev–Trinajstić information content (AvgIpc) is 3.55. The van der Waals surface area contributed by atoms with Crippen LogP contribution in [0.15, 0.2) is 113 Å². The Balaban J connectivity index is 1.22. The Kier molecular flexibility index (Phi) is 11.3. The molecule has 0 aliphatic rings. The summed E-state index contributed by atoms with van der Waals surface area (Å²) in [6.45, 7) is 1.81. The Morgan fingerprint density at radius 3 is 2.21 bits per heavy atom. The minimum Gasteiger partial charge on any atom is -0.497 e. The molecule has 0 saturated carbocycles. The molecule has 0 bridgehead atoms. The summed E-state index contributed by atoms with van der Waals surface area (Å²) in [6, 6.07) is 28.1. The quantitative estimate of drug-likeness (QED) is 0.0939. The van der Waals surface area contributed by atoms with Gasteiger partial charge in [-0.15, -0.1) is 23.1 Å². The van der Waals surface area contributed by atoms with E-state index in [1.165, 1.54) is 29.2 Å². The maximum atomic E-state index is 13.4. The van der Waals surface area contributed by atoms with Gasteiger partial charge in [0, 0.05) is 42.7 Å². The van der Waals surface area contributed by atoms with Crippen LogP contribution in [0, 0.1) is 0 Å². The number of ether oxygens (including phenoxy) is 1. The molecule has 47 heavy (non-hydrogen) atoms. The first-order valence-electron chi connectivity index (χ1n) is 14.2. The maximum absolute atomic E-state index is 13.4. The SMILES string of the molecule is COc1ccc(-c2csc(NC(=O)C(C)Sc3ccc(NC(=O)/C(=C/c4c(Cl)cccc4Cl)NC(=O)c4ccccc4)cc3)n2)cc1. The van der Waals surface area contributed by atoms with Gasteiger partial charge in [0.05, 0.1) is 18.1 Å². The summed E-state index contributed by atoms with van der Waals surface area (Å²) < 4.78 is 5.20. The van der Waals surface area contributed by atoms with Crippen LogP contribution >= 0.6 is 46.3 Å². The first-order valence-corrected chi connectivity index (χ1v) is 16.7. The van der Waals surface area contributed by atoms with Crippen LogP contribution in [0.25, 0.3) is 17.3 Å². The highest BCUT2D eigenvalue weighted by molar-refractivity contribution is 8.00. The number of nitrogens with zero attached hydrogens (tertiary/aromatic N) is 1. The van der Waals surface area contributed by atoms with Crippen molar-refractivity contribution in [2.45, 2.75) is 17.1 Å². The molecule has 12 heteroatoms. The van der Waals surface area contributed by atoms with E-state index in [4.69, 9.17) is 27.9 Å². The van der Waals surface area contributed by atoms with Crippen molar-refractivity contribution < 1.29 is 19.1 Å². The van der Waals surface area contributed by atoms with Crippen LogP contribution in [0.1, 0.15) is 22.8 Å². The number of benzene rings is 4. The normalized spacial score (nSPS) is 11.8. The Labute approximate surface area is 290 Å². The van der Waals surface area contributed by atoms with Gasteiger partial charge in [0.15, 0.2) is 5.13 Å². The summed E-state index contributed by atoms with van der Waals surface area (Å²) in [5.74, 6) is -0.476. The van der Waals surface area contributed by atoms with E-state index in [2.05, 4.69) is 20.9 Å². The molecular formula is C35H28Cl2N4O4S2. The fraction of sp³-hybridized carbons (Fsp3) is 0.0857. The van der Waals surface area contributed by atoms with E-state index < -0.39 is 17.1 Å². The minimum absolute atomic E-state index is 0.0464. The molecule has 0 aliphatic carbocycles. The summed E-state index contributed by atoms with van der Waals surface area (Å²) in [6.07, 6.45) is 1.44. The topological polar surface area (TPSA) is 109 Å². The predicted molar refractivity (Wildman–Crippen MR) is 191 cm³/mol. The number of anilines is 2. The molecular weight excluding hydrogens is 675 g/mol. The maximum Gasteiger partial charge on any atom is 0.272 e. The lowest BCUT2D eigenvalue weighted by Crippen LogP contribution is -2.30. The van der Waals surface area contributed by atoms with Crippen LogP contribution < -0.4 is 20.7 Å². The van der Waals surface area contributed by atoms with Gasteiger partial charge in [0.25, 0.3) is 11.8 Å². The molecule has 5 aromatic rings. The summed E-state index contributed by atoms with van der Waals surface area (Å²) in [5.41, 5.74) is 2.89. The molecule has 1 heterocycles. The molecule has 0 radical (unpaired) electrons. The molecule has 1 atom stereocenters. The number of nitrogens with one attached hydrogen (secondary N) is 3. The molecule has 8 nitrogen and oxygen atoms in total. The average molecular weight is 704 g/mol. The highest BCUT2D eigenvalue weighted by atomic mass is 35.5. The molecule has 1 aromatic heterocycles. The van der Waals surface area contributed by atoms with Crippen molar-refractivity contribution >= 4 is 80.9 Å². The van der Waals surface area contributed by atoms with Gasteiger partial charge in [-0.2, -0.15) is 0 Å². The van der Waals surface area contributed by atoms with Gasteiger partial charge in [0.2, 0.25) is 5.91 Å². The lowest BCUT2D eigenvalue weighted by atomic mass is 10.1. The summed E-state index contributed by atoms with van der Waals surface area (Å²) in [7, 11) is 1.61. The highest BCUT2D eigenvalue weighted by Gasteiger charge is 2.19. The van der Waals surface area contributed by atoms with Crippen LogP contribution in [0.2, 0.25) is 10.0 Å². The zero-order chi connectivity index (χ0) is 33.3. The van der Waals surface area contributed by atoms with Crippen LogP contribution in [-0.2, 0) is 9.59 Å². The summed E-state index contributed by atoms with van der Waals surface area (Å²) in [4.78, 5) is 44.6. The first-order chi connectivity index (χ1) is 22.7. The van der Waals surface area contributed by atoms with Crippen molar-refractivity contribution in [3.8, 4) is 17.0 Å². The van der Waals surface area contributed by atoms with Crippen LogP contribution in [0.5, 0.6) is 5.75 Å². The number of thioether (sulfide) groups is 1. The smallest absolute Gasteiger partial charge is 0.272 e. The second kappa shape index (κ2) is 15.8. The van der Waals surface area contributed by atoms with Crippen LogP contribution in [0.4, 0.5) is 10.8 Å². The first kappa shape index (κ1) is 33.7. The number of amides is 3. The second-order valence-corrected chi connectivity index (χ2v) is 13.1. The van der Waals surface area contributed by atoms with E-state index in [0.29, 0.717) is 32.0 Å². The van der Waals surface area contributed by atoms with Gasteiger partial charge in [0.1, 0.15) is 11.4 Å². The van der Waals surface area contributed by atoms with Crippen molar-refractivity contribution in [1.29, 1.82) is 0 Å². The molecule has 3 N–H and O–H groups in total. The lowest BCUT2D eigenvalue weighted by Gasteiger charge is -2.13. The van der Waals surface area contributed by atoms with Gasteiger partial charge in [-0.1, -0.05) is 47.5 Å². The number of carbonyl (C=O) groups is 3. The van der Waals surface area contributed by atoms with E-state index in [1.54, 1.807) is 86.8 Å². The number of hydrogen-bond donors (Lipinski definition) is 3. The van der Waals surface area contributed by atoms with Gasteiger partial charge >= 0.3 is 0 Å². The Morgan fingerprint density at radius 2 is 1.55 bits per heavy atom. The number of hydrogen-bond acceptors (Lipinski definition) is 7. The van der Waals surface area contributed by atoms with E-state index in [9.17, 15) is 14.4 Å². The van der Waals surface area contributed by atoms with E-state index >= 15 is 0 Å². The molecule has 0 fully saturated rings. The largest absolute Gasteiger partial charge is 0.497 e. The molecule has 5 rings (SSSR count). The Morgan fingerprint density at radius 1 is 0.872 bits per heavy atom. The monoisotopic (exact) mass is 702 g/mol. The number of methoxy groups -OCH3 is 1. The minimum atomic E-state index is -0.573. The van der Waals surface area contributed by atoms with Gasteiger partial charge < -0.3 is 20.7 Å². The third kappa shape index (κ3) is 9.02. The standard InChI is InChI=1S/C35H28Cl2N4O4S2/c1-21(32(42)41-35-40-31(20-46-35)22-11-15-25(45-2)16-12-22)47-26-17-13-24(14-18-26)38-34(44)30(19-27-28(36)9-6-10-29(27)37)39-33(43)23-7-4-3-5-8-23/h3-21H,1-2H3,(H,38,44)(H,39,43)(H,40,41,42)/b30-19-. The molecule has 4 aromatic carbocycles. The Hall–Kier alpha value is -4.61. The number of rotatable bonds is 11. The molecule has 3 amide bonds. The predicted octanol–water partition coefficient (Wildman–Crippen LogP) is 8.65. The second-order valence-electron chi connectivity index (χ2n) is 10.0. The zero-order valence-corrected chi connectivity index (χ0v) is 28.3.